The topological polar surface area (TPSA) is 17.1 Å². The lowest BCUT2D eigenvalue weighted by atomic mass is 10.1. The minimum absolute atomic E-state index is 0.0365. The van der Waals surface area contributed by atoms with Crippen LogP contribution in [-0.2, 0) is 11.2 Å². The van der Waals surface area contributed by atoms with Crippen LogP contribution in [0.4, 0.5) is 8.78 Å². The molecule has 13 heavy (non-hydrogen) atoms. The van der Waals surface area contributed by atoms with Gasteiger partial charge in [-0.25, -0.2) is 8.78 Å². The summed E-state index contributed by atoms with van der Waals surface area (Å²) in [4.78, 5) is 10.6. The van der Waals surface area contributed by atoms with Crippen LogP contribution in [0.2, 0.25) is 5.02 Å². The molecular formula is C9H7ClF2O. The van der Waals surface area contributed by atoms with E-state index in [1.807, 2.05) is 0 Å². The van der Waals surface area contributed by atoms with Gasteiger partial charge >= 0.3 is 0 Å². The Hall–Kier alpha value is -0.960. The number of ketones is 1. The molecule has 1 aromatic carbocycles. The van der Waals surface area contributed by atoms with Crippen molar-refractivity contribution in [1.82, 2.24) is 0 Å². The van der Waals surface area contributed by atoms with Crippen molar-refractivity contribution in [1.29, 1.82) is 0 Å². The summed E-state index contributed by atoms with van der Waals surface area (Å²) in [6.07, 6.45) is -0.111. The molecule has 0 fully saturated rings. The van der Waals surface area contributed by atoms with E-state index in [-0.39, 0.29) is 22.8 Å². The molecule has 1 nitrogen and oxygen atoms in total. The van der Waals surface area contributed by atoms with E-state index in [9.17, 15) is 13.6 Å². The number of halogens is 3. The highest BCUT2D eigenvalue weighted by Crippen LogP contribution is 2.19. The van der Waals surface area contributed by atoms with Crippen LogP contribution >= 0.6 is 11.6 Å². The van der Waals surface area contributed by atoms with Gasteiger partial charge in [0.2, 0.25) is 0 Å². The first kappa shape index (κ1) is 10.1. The molecule has 0 aliphatic rings. The van der Waals surface area contributed by atoms with Gasteiger partial charge in [-0.15, -0.1) is 0 Å². The van der Waals surface area contributed by atoms with Gasteiger partial charge in [-0.3, -0.25) is 4.79 Å². The summed E-state index contributed by atoms with van der Waals surface area (Å²) >= 11 is 5.32. The van der Waals surface area contributed by atoms with Gasteiger partial charge in [0.1, 0.15) is 17.4 Å². The molecule has 0 aromatic heterocycles. The standard InChI is InChI=1S/C9H7ClF2O/c1-5(13)2-6-3-9(12)7(10)4-8(6)11/h3-4H,2H2,1H3. The molecule has 0 heterocycles. The first-order chi connectivity index (χ1) is 6.00. The Morgan fingerprint density at radius 3 is 2.54 bits per heavy atom. The van der Waals surface area contributed by atoms with Crippen molar-refractivity contribution in [2.75, 3.05) is 0 Å². The normalized spacial score (nSPS) is 10.2. The molecule has 0 bridgehead atoms. The number of hydrogen-bond acceptors (Lipinski definition) is 1. The molecule has 0 amide bonds. The van der Waals surface area contributed by atoms with Crippen LogP contribution < -0.4 is 0 Å². The van der Waals surface area contributed by atoms with Crippen LogP contribution in [0.1, 0.15) is 12.5 Å². The van der Waals surface area contributed by atoms with Gasteiger partial charge in [0.15, 0.2) is 0 Å². The van der Waals surface area contributed by atoms with E-state index in [1.54, 1.807) is 0 Å². The lowest BCUT2D eigenvalue weighted by Crippen LogP contribution is -2.00. The van der Waals surface area contributed by atoms with Crippen molar-refractivity contribution in [2.24, 2.45) is 0 Å². The maximum absolute atomic E-state index is 13.0. The molecule has 0 N–H and O–H groups in total. The van der Waals surface area contributed by atoms with E-state index >= 15 is 0 Å². The molecule has 0 aliphatic carbocycles. The number of Topliss-reactive ketones (excluding diaryl/α,β-unsaturated/α-hetero) is 1. The van der Waals surface area contributed by atoms with Gasteiger partial charge in [-0.05, 0) is 24.6 Å². The first-order valence-electron chi connectivity index (χ1n) is 3.63. The van der Waals surface area contributed by atoms with Gasteiger partial charge < -0.3 is 0 Å². The largest absolute Gasteiger partial charge is 0.300 e. The Balaban J connectivity index is 3.08. The minimum atomic E-state index is -0.709. The lowest BCUT2D eigenvalue weighted by molar-refractivity contribution is -0.116. The Labute approximate surface area is 79.3 Å². The quantitative estimate of drug-likeness (QED) is 0.677. The van der Waals surface area contributed by atoms with Gasteiger partial charge in [0.05, 0.1) is 5.02 Å². The summed E-state index contributed by atoms with van der Waals surface area (Å²) in [6, 6.07) is 1.81. The molecular weight excluding hydrogens is 198 g/mol. The summed E-state index contributed by atoms with van der Waals surface area (Å²) < 4.78 is 25.8. The lowest BCUT2D eigenvalue weighted by Gasteiger charge is -2.01. The van der Waals surface area contributed by atoms with Crippen LogP contribution in [0.3, 0.4) is 0 Å². The molecule has 0 spiro atoms. The highest BCUT2D eigenvalue weighted by molar-refractivity contribution is 6.30. The second-order valence-electron chi connectivity index (χ2n) is 2.74. The molecule has 0 radical (unpaired) electrons. The average molecular weight is 205 g/mol. The fourth-order valence-corrected chi connectivity index (χ4v) is 1.12. The second kappa shape index (κ2) is 3.83. The highest BCUT2D eigenvalue weighted by atomic mass is 35.5. The molecule has 0 saturated heterocycles. The van der Waals surface area contributed by atoms with Gasteiger partial charge in [0, 0.05) is 6.42 Å². The smallest absolute Gasteiger partial charge is 0.142 e. The summed E-state index contributed by atoms with van der Waals surface area (Å²) in [7, 11) is 0. The van der Waals surface area contributed by atoms with E-state index in [0.29, 0.717) is 0 Å². The van der Waals surface area contributed by atoms with Crippen molar-refractivity contribution >= 4 is 17.4 Å². The van der Waals surface area contributed by atoms with Gasteiger partial charge in [-0.2, -0.15) is 0 Å². The van der Waals surface area contributed by atoms with E-state index in [4.69, 9.17) is 11.6 Å². The van der Waals surface area contributed by atoms with E-state index in [2.05, 4.69) is 0 Å². The zero-order valence-corrected chi connectivity index (χ0v) is 7.66. The van der Waals surface area contributed by atoms with Crippen LogP contribution in [0.25, 0.3) is 0 Å². The van der Waals surface area contributed by atoms with Crippen LogP contribution in [0.5, 0.6) is 0 Å². The number of hydrogen-bond donors (Lipinski definition) is 0. The number of carbonyl (C=O) groups excluding carboxylic acids is 1. The Morgan fingerprint density at radius 2 is 2.00 bits per heavy atom. The fourth-order valence-electron chi connectivity index (χ4n) is 0.967. The van der Waals surface area contributed by atoms with Gasteiger partial charge in [0.25, 0.3) is 0 Å². The van der Waals surface area contributed by atoms with Crippen molar-refractivity contribution in [3.63, 3.8) is 0 Å². The molecule has 1 rings (SSSR count). The maximum atomic E-state index is 13.0. The SMILES string of the molecule is CC(=O)Cc1cc(F)c(Cl)cc1F. The van der Waals surface area contributed by atoms with E-state index in [1.165, 1.54) is 6.92 Å². The Morgan fingerprint density at radius 1 is 1.38 bits per heavy atom. The third kappa shape index (κ3) is 2.49. The summed E-state index contributed by atoms with van der Waals surface area (Å²) in [5.74, 6) is -1.58. The second-order valence-corrected chi connectivity index (χ2v) is 3.14. The molecule has 0 saturated carbocycles. The number of carbonyl (C=O) groups is 1. The van der Waals surface area contributed by atoms with Crippen molar-refractivity contribution < 1.29 is 13.6 Å². The summed E-state index contributed by atoms with van der Waals surface area (Å²) in [5.41, 5.74) is 0.0365. The third-order valence-corrected chi connectivity index (χ3v) is 1.82. The summed E-state index contributed by atoms with van der Waals surface area (Å²) in [5, 5.41) is -0.273. The Bertz CT molecular complexity index is 350. The molecule has 1 aromatic rings. The average Bonchev–Trinajstić information content (AvgIpc) is 1.99. The van der Waals surface area contributed by atoms with Crippen molar-refractivity contribution in [3.8, 4) is 0 Å². The molecule has 4 heteroatoms. The molecule has 0 atom stereocenters. The monoisotopic (exact) mass is 204 g/mol. The zero-order chi connectivity index (χ0) is 10.0. The number of benzene rings is 1. The predicted octanol–water partition coefficient (Wildman–Crippen LogP) is 2.75. The number of rotatable bonds is 2. The molecule has 0 aliphatic heterocycles. The summed E-state index contributed by atoms with van der Waals surface area (Å²) in [6.45, 7) is 1.31. The van der Waals surface area contributed by atoms with Crippen LogP contribution in [0, 0.1) is 11.6 Å². The van der Waals surface area contributed by atoms with Crippen LogP contribution in [0.15, 0.2) is 12.1 Å². The van der Waals surface area contributed by atoms with Gasteiger partial charge in [-0.1, -0.05) is 11.6 Å². The third-order valence-electron chi connectivity index (χ3n) is 1.53. The fraction of sp³-hybridized carbons (Fsp3) is 0.222. The Kier molecular flexibility index (Phi) is 2.98. The zero-order valence-electron chi connectivity index (χ0n) is 6.90. The predicted molar refractivity (Wildman–Crippen MR) is 45.8 cm³/mol. The maximum Gasteiger partial charge on any atom is 0.142 e. The molecule has 70 valence electrons. The molecule has 0 unspecified atom stereocenters. The van der Waals surface area contributed by atoms with Crippen molar-refractivity contribution in [2.45, 2.75) is 13.3 Å². The first-order valence-corrected chi connectivity index (χ1v) is 4.01. The highest BCUT2D eigenvalue weighted by Gasteiger charge is 2.09. The minimum Gasteiger partial charge on any atom is -0.300 e. The van der Waals surface area contributed by atoms with E-state index < -0.39 is 11.6 Å². The van der Waals surface area contributed by atoms with Crippen molar-refractivity contribution in [3.05, 3.63) is 34.4 Å². The van der Waals surface area contributed by atoms with E-state index in [0.717, 1.165) is 12.1 Å². The van der Waals surface area contributed by atoms with Crippen LogP contribution in [-0.4, -0.2) is 5.78 Å².